The summed E-state index contributed by atoms with van der Waals surface area (Å²) in [5.41, 5.74) is -0.251. The number of rotatable bonds is 5. The molecule has 8 nitrogen and oxygen atoms in total. The molecule has 3 rings (SSSR count). The van der Waals surface area contributed by atoms with Gasteiger partial charge in [-0.3, -0.25) is 9.59 Å². The lowest BCUT2D eigenvalue weighted by Gasteiger charge is -2.14. The lowest BCUT2D eigenvalue weighted by atomic mass is 10.0. The molecule has 0 aliphatic carbocycles. The van der Waals surface area contributed by atoms with E-state index in [1.54, 1.807) is 0 Å². The molecule has 1 aliphatic heterocycles. The molecule has 1 amide bonds. The molecule has 0 saturated heterocycles. The minimum atomic E-state index is -1.65. The highest BCUT2D eigenvalue weighted by molar-refractivity contribution is 6.12. The number of carbonyl (C=O) groups is 3. The topological polar surface area (TPSA) is 137 Å². The van der Waals surface area contributed by atoms with E-state index in [2.05, 4.69) is 5.32 Å². The molecule has 0 saturated carbocycles. The molecule has 0 bridgehead atoms. The highest BCUT2D eigenvalue weighted by Gasteiger charge is 2.28. The van der Waals surface area contributed by atoms with Crippen molar-refractivity contribution in [3.8, 4) is 0 Å². The van der Waals surface area contributed by atoms with Gasteiger partial charge in [0.05, 0.1) is 11.1 Å². The first-order chi connectivity index (χ1) is 13.3. The number of halogens is 1. The van der Waals surface area contributed by atoms with Crippen LogP contribution in [0, 0.1) is 5.82 Å². The maximum absolute atomic E-state index is 13.2. The lowest BCUT2D eigenvalue weighted by Crippen LogP contribution is -2.33. The molecule has 1 aromatic carbocycles. The number of aliphatic hydroxyl groups is 2. The Labute approximate surface area is 157 Å². The van der Waals surface area contributed by atoms with Crippen LogP contribution in [-0.2, 0) is 9.59 Å². The summed E-state index contributed by atoms with van der Waals surface area (Å²) in [4.78, 5) is 35.3. The predicted octanol–water partition coefficient (Wildman–Crippen LogP) is 2.34. The van der Waals surface area contributed by atoms with E-state index < -0.39 is 35.0 Å². The number of carboxylic acids is 1. The highest BCUT2D eigenvalue weighted by Crippen LogP contribution is 2.29. The maximum atomic E-state index is 13.2. The zero-order valence-electron chi connectivity index (χ0n) is 14.2. The number of Topliss-reactive ketones (excluding diaryl/α,β-unsaturated/α-hetero) is 1. The Balaban J connectivity index is 2.04. The van der Waals surface area contributed by atoms with Crippen LogP contribution in [0.2, 0.25) is 0 Å². The van der Waals surface area contributed by atoms with Gasteiger partial charge in [0, 0.05) is 6.54 Å². The normalized spacial score (nSPS) is 15.1. The molecule has 144 valence electrons. The standard InChI is InChI=1S/C19H14FNO7/c20-10-3-1-9(2-4-10)14(17(24)19(26)27)12-5-6-13(28-12)15(22)11-7-8-21-18(25)16(11)23/h1-6,23-24H,7-8H2,(H,21,25)(H,26,27). The van der Waals surface area contributed by atoms with E-state index in [9.17, 15) is 29.0 Å². The molecule has 2 heterocycles. The molecule has 1 aromatic heterocycles. The second-order valence-corrected chi connectivity index (χ2v) is 5.86. The maximum Gasteiger partial charge on any atom is 0.371 e. The van der Waals surface area contributed by atoms with Crippen molar-refractivity contribution in [3.05, 3.63) is 76.4 Å². The summed E-state index contributed by atoms with van der Waals surface area (Å²) in [6.45, 7) is 0.165. The Morgan fingerprint density at radius 2 is 1.68 bits per heavy atom. The molecule has 0 spiro atoms. The minimum absolute atomic E-state index is 0.0907. The van der Waals surface area contributed by atoms with Crippen LogP contribution >= 0.6 is 0 Å². The van der Waals surface area contributed by atoms with Gasteiger partial charge < -0.3 is 25.1 Å². The van der Waals surface area contributed by atoms with E-state index in [0.717, 1.165) is 12.1 Å². The number of hydrogen-bond donors (Lipinski definition) is 4. The van der Waals surface area contributed by atoms with E-state index in [1.807, 2.05) is 0 Å². The van der Waals surface area contributed by atoms with Crippen molar-refractivity contribution >= 4 is 23.2 Å². The second-order valence-electron chi connectivity index (χ2n) is 5.86. The van der Waals surface area contributed by atoms with Gasteiger partial charge >= 0.3 is 5.97 Å². The quantitative estimate of drug-likeness (QED) is 0.351. The van der Waals surface area contributed by atoms with Crippen LogP contribution in [0.5, 0.6) is 0 Å². The number of carbonyl (C=O) groups excluding carboxylic acids is 2. The molecular formula is C19H14FNO7. The fraction of sp³-hybridized carbons (Fsp3) is 0.105. The monoisotopic (exact) mass is 387 g/mol. The number of ketones is 1. The molecule has 1 aliphatic rings. The fourth-order valence-corrected chi connectivity index (χ4v) is 2.72. The van der Waals surface area contributed by atoms with Crippen LogP contribution in [0.25, 0.3) is 5.57 Å². The predicted molar refractivity (Wildman–Crippen MR) is 93.0 cm³/mol. The molecule has 0 fully saturated rings. The van der Waals surface area contributed by atoms with Crippen molar-refractivity contribution in [1.29, 1.82) is 0 Å². The summed E-state index contributed by atoms with van der Waals surface area (Å²) < 4.78 is 18.6. The van der Waals surface area contributed by atoms with Crippen molar-refractivity contribution in [1.82, 2.24) is 5.32 Å². The second kappa shape index (κ2) is 7.39. The molecule has 0 unspecified atom stereocenters. The van der Waals surface area contributed by atoms with Crippen molar-refractivity contribution in [2.75, 3.05) is 6.54 Å². The first-order valence-corrected chi connectivity index (χ1v) is 8.07. The largest absolute Gasteiger partial charge is 0.503 e. The van der Waals surface area contributed by atoms with Gasteiger partial charge in [0.2, 0.25) is 11.5 Å². The highest BCUT2D eigenvalue weighted by atomic mass is 19.1. The smallest absolute Gasteiger partial charge is 0.371 e. The SMILES string of the molecule is O=C(O)C(O)=C(c1ccc(F)cc1)c1ccc(C(=O)C2=C(O)C(=O)NCC2)o1. The van der Waals surface area contributed by atoms with Gasteiger partial charge in [-0.05, 0) is 36.2 Å². The number of aliphatic carboxylic acids is 1. The van der Waals surface area contributed by atoms with Gasteiger partial charge in [0.1, 0.15) is 11.6 Å². The molecular weight excluding hydrogens is 373 g/mol. The Morgan fingerprint density at radius 3 is 2.32 bits per heavy atom. The molecule has 28 heavy (non-hydrogen) atoms. The van der Waals surface area contributed by atoms with Gasteiger partial charge in [-0.25, -0.2) is 9.18 Å². The number of amides is 1. The third-order valence-electron chi connectivity index (χ3n) is 4.08. The van der Waals surface area contributed by atoms with Gasteiger partial charge in [-0.2, -0.15) is 0 Å². The number of hydrogen-bond acceptors (Lipinski definition) is 6. The fourth-order valence-electron chi connectivity index (χ4n) is 2.72. The number of furan rings is 1. The van der Waals surface area contributed by atoms with Crippen LogP contribution in [0.15, 0.2) is 57.9 Å². The number of benzene rings is 1. The number of carboxylic acid groups (broad SMARTS) is 1. The van der Waals surface area contributed by atoms with Crippen LogP contribution in [0.1, 0.15) is 28.3 Å². The average molecular weight is 387 g/mol. The summed E-state index contributed by atoms with van der Waals surface area (Å²) in [7, 11) is 0. The summed E-state index contributed by atoms with van der Waals surface area (Å²) in [5, 5.41) is 31.3. The molecule has 4 N–H and O–H groups in total. The summed E-state index contributed by atoms with van der Waals surface area (Å²) in [6.07, 6.45) is 0.0907. The van der Waals surface area contributed by atoms with Crippen molar-refractivity contribution in [2.24, 2.45) is 0 Å². The zero-order valence-corrected chi connectivity index (χ0v) is 14.2. The molecule has 0 radical (unpaired) electrons. The Bertz CT molecular complexity index is 1030. The Hall–Kier alpha value is -3.88. The van der Waals surface area contributed by atoms with E-state index in [4.69, 9.17) is 9.52 Å². The van der Waals surface area contributed by atoms with Gasteiger partial charge in [0.15, 0.2) is 11.5 Å². The minimum Gasteiger partial charge on any atom is -0.503 e. The van der Waals surface area contributed by atoms with Crippen LogP contribution in [0.4, 0.5) is 4.39 Å². The van der Waals surface area contributed by atoms with Gasteiger partial charge in [-0.15, -0.1) is 0 Å². The van der Waals surface area contributed by atoms with Crippen LogP contribution < -0.4 is 5.32 Å². The van der Waals surface area contributed by atoms with E-state index in [1.165, 1.54) is 24.3 Å². The summed E-state index contributed by atoms with van der Waals surface area (Å²) >= 11 is 0. The third kappa shape index (κ3) is 3.50. The molecule has 0 atom stereocenters. The van der Waals surface area contributed by atoms with Crippen molar-refractivity contribution in [2.45, 2.75) is 6.42 Å². The average Bonchev–Trinajstić information content (AvgIpc) is 3.14. The van der Waals surface area contributed by atoms with Gasteiger partial charge in [-0.1, -0.05) is 12.1 Å². The van der Waals surface area contributed by atoms with E-state index >= 15 is 0 Å². The van der Waals surface area contributed by atoms with Gasteiger partial charge in [0.25, 0.3) is 5.91 Å². The first kappa shape index (κ1) is 18.9. The number of nitrogens with one attached hydrogen (secondary N) is 1. The Morgan fingerprint density at radius 1 is 1.04 bits per heavy atom. The third-order valence-corrected chi connectivity index (χ3v) is 4.08. The molecule has 2 aromatic rings. The summed E-state index contributed by atoms with van der Waals surface area (Å²) in [6, 6.07) is 7.11. The first-order valence-electron chi connectivity index (χ1n) is 8.07. The Kier molecular flexibility index (Phi) is 4.99. The van der Waals surface area contributed by atoms with E-state index in [0.29, 0.717) is 0 Å². The van der Waals surface area contributed by atoms with E-state index in [-0.39, 0.29) is 41.2 Å². The van der Waals surface area contributed by atoms with Crippen LogP contribution in [0.3, 0.4) is 0 Å². The van der Waals surface area contributed by atoms with Crippen molar-refractivity contribution in [3.63, 3.8) is 0 Å². The van der Waals surface area contributed by atoms with Crippen LogP contribution in [-0.4, -0.2) is 39.5 Å². The zero-order chi connectivity index (χ0) is 20.4. The number of aliphatic hydroxyl groups excluding tert-OH is 2. The summed E-state index contributed by atoms with van der Waals surface area (Å²) in [5.74, 6) is -5.92. The molecule has 9 heteroatoms. The van der Waals surface area contributed by atoms with Crippen molar-refractivity contribution < 1.29 is 38.5 Å². The lowest BCUT2D eigenvalue weighted by molar-refractivity contribution is -0.135.